The van der Waals surface area contributed by atoms with E-state index in [9.17, 15) is 22.8 Å². The summed E-state index contributed by atoms with van der Waals surface area (Å²) in [5, 5.41) is 8.17. The van der Waals surface area contributed by atoms with E-state index in [0.717, 1.165) is 38.1 Å². The Morgan fingerprint density at radius 2 is 2.04 bits per heavy atom. The summed E-state index contributed by atoms with van der Waals surface area (Å²) >= 11 is 0. The molecule has 1 saturated heterocycles. The third-order valence-corrected chi connectivity index (χ3v) is 3.79. The van der Waals surface area contributed by atoms with Crippen LogP contribution in [0.25, 0.3) is 0 Å². The highest BCUT2D eigenvalue weighted by Crippen LogP contribution is 2.32. The van der Waals surface area contributed by atoms with Crippen molar-refractivity contribution in [2.24, 2.45) is 5.92 Å². The summed E-state index contributed by atoms with van der Waals surface area (Å²) in [7, 11) is 0. The molecule has 3 N–H and O–H groups in total. The summed E-state index contributed by atoms with van der Waals surface area (Å²) in [5.41, 5.74) is -1.16. The van der Waals surface area contributed by atoms with Crippen molar-refractivity contribution in [3.8, 4) is 0 Å². The van der Waals surface area contributed by atoms with Crippen LogP contribution in [0.1, 0.15) is 35.7 Å². The first-order chi connectivity index (χ1) is 11.3. The lowest BCUT2D eigenvalue weighted by atomic mass is 9.99. The summed E-state index contributed by atoms with van der Waals surface area (Å²) in [4.78, 5) is 23.3. The van der Waals surface area contributed by atoms with Crippen molar-refractivity contribution in [2.75, 3.05) is 25.0 Å². The third kappa shape index (κ3) is 5.23. The standard InChI is InChI=1S/C16H20F3N3O2/c1-10(23)22-14-6-12(5-13(7-14)16(17,18)19)15(24)21-9-11-3-2-4-20-8-11/h5-7,11,20H,2-4,8-9H2,1H3,(H,21,24)(H,22,23). The highest BCUT2D eigenvalue weighted by molar-refractivity contribution is 5.97. The molecule has 1 aromatic rings. The van der Waals surface area contributed by atoms with E-state index in [0.29, 0.717) is 6.54 Å². The SMILES string of the molecule is CC(=O)Nc1cc(C(=O)NCC2CCCNC2)cc(C(F)(F)F)c1. The quantitative estimate of drug-likeness (QED) is 0.786. The molecule has 1 atom stereocenters. The van der Waals surface area contributed by atoms with Crippen molar-refractivity contribution in [3.63, 3.8) is 0 Å². The number of benzene rings is 1. The molecule has 1 fully saturated rings. The molecule has 0 bridgehead atoms. The number of anilines is 1. The number of carbonyl (C=O) groups excluding carboxylic acids is 2. The molecule has 24 heavy (non-hydrogen) atoms. The first-order valence-corrected chi connectivity index (χ1v) is 7.74. The normalized spacial score (nSPS) is 18.1. The van der Waals surface area contributed by atoms with E-state index in [1.54, 1.807) is 0 Å². The van der Waals surface area contributed by atoms with Crippen molar-refractivity contribution < 1.29 is 22.8 Å². The smallest absolute Gasteiger partial charge is 0.352 e. The molecule has 2 rings (SSSR count). The van der Waals surface area contributed by atoms with Crippen LogP contribution in [0.4, 0.5) is 18.9 Å². The zero-order valence-corrected chi connectivity index (χ0v) is 13.3. The number of amides is 2. The third-order valence-electron chi connectivity index (χ3n) is 3.79. The molecule has 1 aliphatic rings. The van der Waals surface area contributed by atoms with Crippen LogP contribution in [-0.2, 0) is 11.0 Å². The number of hydrogen-bond donors (Lipinski definition) is 3. The van der Waals surface area contributed by atoms with Crippen LogP contribution in [0, 0.1) is 5.92 Å². The van der Waals surface area contributed by atoms with E-state index in [4.69, 9.17) is 0 Å². The first kappa shape index (κ1) is 18.3. The van der Waals surface area contributed by atoms with E-state index in [-0.39, 0.29) is 17.2 Å². The van der Waals surface area contributed by atoms with Gasteiger partial charge in [0.1, 0.15) is 0 Å². The molecule has 1 heterocycles. The molecule has 0 spiro atoms. The molecule has 0 saturated carbocycles. The van der Waals surface area contributed by atoms with Crippen molar-refractivity contribution in [3.05, 3.63) is 29.3 Å². The van der Waals surface area contributed by atoms with Gasteiger partial charge in [-0.25, -0.2) is 0 Å². The Morgan fingerprint density at radius 3 is 2.62 bits per heavy atom. The predicted molar refractivity (Wildman–Crippen MR) is 83.7 cm³/mol. The van der Waals surface area contributed by atoms with Gasteiger partial charge >= 0.3 is 6.18 Å². The second kappa shape index (κ2) is 7.65. The molecule has 8 heteroatoms. The average molecular weight is 343 g/mol. The molecule has 1 aromatic carbocycles. The largest absolute Gasteiger partial charge is 0.416 e. The summed E-state index contributed by atoms with van der Waals surface area (Å²) < 4.78 is 38.9. The molecular weight excluding hydrogens is 323 g/mol. The summed E-state index contributed by atoms with van der Waals surface area (Å²) in [6, 6.07) is 2.84. The number of hydrogen-bond acceptors (Lipinski definition) is 3. The number of rotatable bonds is 4. The molecular formula is C16H20F3N3O2. The van der Waals surface area contributed by atoms with Gasteiger partial charge in [-0.05, 0) is 50.0 Å². The highest BCUT2D eigenvalue weighted by atomic mass is 19.4. The van der Waals surface area contributed by atoms with E-state index < -0.39 is 23.6 Å². The summed E-state index contributed by atoms with van der Waals surface area (Å²) in [5.74, 6) is -0.824. The summed E-state index contributed by atoms with van der Waals surface area (Å²) in [6.07, 6.45) is -2.62. The molecule has 1 unspecified atom stereocenters. The van der Waals surface area contributed by atoms with Gasteiger partial charge < -0.3 is 16.0 Å². The molecule has 5 nitrogen and oxygen atoms in total. The van der Waals surface area contributed by atoms with Crippen LogP contribution in [0.2, 0.25) is 0 Å². The second-order valence-corrected chi connectivity index (χ2v) is 5.90. The molecule has 0 aliphatic carbocycles. The number of nitrogens with one attached hydrogen (secondary N) is 3. The fraction of sp³-hybridized carbons (Fsp3) is 0.500. The number of piperidine rings is 1. The molecule has 0 aromatic heterocycles. The zero-order chi connectivity index (χ0) is 17.7. The van der Waals surface area contributed by atoms with Crippen LogP contribution in [-0.4, -0.2) is 31.4 Å². The lowest BCUT2D eigenvalue weighted by Crippen LogP contribution is -2.38. The molecule has 132 valence electrons. The zero-order valence-electron chi connectivity index (χ0n) is 13.3. The Balaban J connectivity index is 2.14. The number of halogens is 3. The maximum atomic E-state index is 13.0. The van der Waals surface area contributed by atoms with E-state index >= 15 is 0 Å². The average Bonchev–Trinajstić information content (AvgIpc) is 2.52. The van der Waals surface area contributed by atoms with Gasteiger partial charge in [0.15, 0.2) is 0 Å². The van der Waals surface area contributed by atoms with Crippen LogP contribution in [0.15, 0.2) is 18.2 Å². The van der Waals surface area contributed by atoms with Gasteiger partial charge in [-0.2, -0.15) is 13.2 Å². The first-order valence-electron chi connectivity index (χ1n) is 7.74. The lowest BCUT2D eigenvalue weighted by Gasteiger charge is -2.23. The van der Waals surface area contributed by atoms with Crippen LogP contribution >= 0.6 is 0 Å². The van der Waals surface area contributed by atoms with E-state index in [1.807, 2.05) is 0 Å². The summed E-state index contributed by atoms with van der Waals surface area (Å²) in [6.45, 7) is 3.31. The van der Waals surface area contributed by atoms with Crippen molar-refractivity contribution >= 4 is 17.5 Å². The van der Waals surface area contributed by atoms with Gasteiger partial charge in [0.25, 0.3) is 5.91 Å². The van der Waals surface area contributed by atoms with Gasteiger partial charge in [0, 0.05) is 24.7 Å². The predicted octanol–water partition coefficient (Wildman–Crippen LogP) is 2.39. The minimum absolute atomic E-state index is 0.0539. The topological polar surface area (TPSA) is 70.2 Å². The van der Waals surface area contributed by atoms with E-state index in [2.05, 4.69) is 16.0 Å². The Bertz CT molecular complexity index is 611. The van der Waals surface area contributed by atoms with Crippen LogP contribution in [0.5, 0.6) is 0 Å². The minimum atomic E-state index is -4.60. The van der Waals surface area contributed by atoms with Gasteiger partial charge in [0.2, 0.25) is 5.91 Å². The van der Waals surface area contributed by atoms with Gasteiger partial charge in [-0.3, -0.25) is 9.59 Å². The number of alkyl halides is 3. The maximum Gasteiger partial charge on any atom is 0.416 e. The van der Waals surface area contributed by atoms with E-state index in [1.165, 1.54) is 13.0 Å². The van der Waals surface area contributed by atoms with Crippen LogP contribution in [0.3, 0.4) is 0 Å². The van der Waals surface area contributed by atoms with Crippen LogP contribution < -0.4 is 16.0 Å². The Morgan fingerprint density at radius 1 is 1.29 bits per heavy atom. The Kier molecular flexibility index (Phi) is 5.82. The Hall–Kier alpha value is -2.09. The molecule has 0 radical (unpaired) electrons. The maximum absolute atomic E-state index is 13.0. The molecule has 2 amide bonds. The minimum Gasteiger partial charge on any atom is -0.352 e. The van der Waals surface area contributed by atoms with Gasteiger partial charge in [-0.15, -0.1) is 0 Å². The van der Waals surface area contributed by atoms with Crippen molar-refractivity contribution in [1.82, 2.24) is 10.6 Å². The van der Waals surface area contributed by atoms with Gasteiger partial charge in [-0.1, -0.05) is 0 Å². The van der Waals surface area contributed by atoms with Crippen molar-refractivity contribution in [2.45, 2.75) is 25.9 Å². The van der Waals surface area contributed by atoms with Gasteiger partial charge in [0.05, 0.1) is 5.56 Å². The fourth-order valence-electron chi connectivity index (χ4n) is 2.64. The monoisotopic (exact) mass is 343 g/mol. The highest BCUT2D eigenvalue weighted by Gasteiger charge is 2.32. The van der Waals surface area contributed by atoms with Crippen molar-refractivity contribution in [1.29, 1.82) is 0 Å². The second-order valence-electron chi connectivity index (χ2n) is 5.90. The number of carbonyl (C=O) groups is 2. The fourth-order valence-corrected chi connectivity index (χ4v) is 2.64. The lowest BCUT2D eigenvalue weighted by molar-refractivity contribution is -0.137. The molecule has 1 aliphatic heterocycles. The Labute approximate surface area is 138 Å².